The molecule has 1 aromatic carbocycles. The van der Waals surface area contributed by atoms with Crippen molar-refractivity contribution in [2.45, 2.75) is 26.3 Å². The van der Waals surface area contributed by atoms with Crippen molar-refractivity contribution >= 4 is 29.9 Å². The van der Waals surface area contributed by atoms with E-state index in [2.05, 4.69) is 6.92 Å². The second kappa shape index (κ2) is 6.60. The molecule has 1 saturated heterocycles. The molecule has 0 aliphatic carbocycles. The Balaban J connectivity index is 0.00000180. The SMILES string of the molecule is Cc1ccc(C(=O)N2CC(CN)CC2C)c(Cl)c1.Cl. The van der Waals surface area contributed by atoms with Gasteiger partial charge in [0.05, 0.1) is 10.6 Å². The van der Waals surface area contributed by atoms with Crippen LogP contribution < -0.4 is 5.73 Å². The Morgan fingerprint density at radius 1 is 1.53 bits per heavy atom. The van der Waals surface area contributed by atoms with Gasteiger partial charge in [0.2, 0.25) is 0 Å². The van der Waals surface area contributed by atoms with Gasteiger partial charge in [-0.25, -0.2) is 0 Å². The van der Waals surface area contributed by atoms with Gasteiger partial charge >= 0.3 is 0 Å². The number of nitrogens with two attached hydrogens (primary N) is 1. The first-order chi connectivity index (χ1) is 8.52. The summed E-state index contributed by atoms with van der Waals surface area (Å²) in [5, 5.41) is 0.531. The van der Waals surface area contributed by atoms with E-state index in [4.69, 9.17) is 17.3 Å². The number of hydrogen-bond acceptors (Lipinski definition) is 2. The van der Waals surface area contributed by atoms with Gasteiger partial charge in [0.1, 0.15) is 0 Å². The molecule has 2 rings (SSSR count). The molecule has 1 aromatic rings. The summed E-state index contributed by atoms with van der Waals surface area (Å²) in [7, 11) is 0. The van der Waals surface area contributed by atoms with Crippen molar-refractivity contribution in [2.24, 2.45) is 11.7 Å². The zero-order chi connectivity index (χ0) is 13.3. The molecular formula is C14H20Cl2N2O. The number of rotatable bonds is 2. The van der Waals surface area contributed by atoms with Gasteiger partial charge < -0.3 is 10.6 Å². The van der Waals surface area contributed by atoms with Crippen molar-refractivity contribution in [3.05, 3.63) is 34.3 Å². The van der Waals surface area contributed by atoms with Crippen LogP contribution in [0.15, 0.2) is 18.2 Å². The second-order valence-electron chi connectivity index (χ2n) is 5.13. The molecule has 106 valence electrons. The maximum absolute atomic E-state index is 12.5. The molecule has 2 unspecified atom stereocenters. The Morgan fingerprint density at radius 3 is 2.74 bits per heavy atom. The summed E-state index contributed by atoms with van der Waals surface area (Å²) in [4.78, 5) is 14.3. The number of amides is 1. The average Bonchev–Trinajstić information content (AvgIpc) is 2.70. The number of hydrogen-bond donors (Lipinski definition) is 1. The van der Waals surface area contributed by atoms with Gasteiger partial charge in [0, 0.05) is 12.6 Å². The van der Waals surface area contributed by atoms with Crippen LogP contribution in [0.2, 0.25) is 5.02 Å². The van der Waals surface area contributed by atoms with Gasteiger partial charge in [0.25, 0.3) is 5.91 Å². The minimum absolute atomic E-state index is 0. The predicted molar refractivity (Wildman–Crippen MR) is 81.1 cm³/mol. The third-order valence-corrected chi connectivity index (χ3v) is 3.92. The molecule has 1 aliphatic heterocycles. The average molecular weight is 303 g/mol. The number of halogens is 2. The maximum atomic E-state index is 12.5. The van der Waals surface area contributed by atoms with Crippen LogP contribution in [0.5, 0.6) is 0 Å². The monoisotopic (exact) mass is 302 g/mol. The van der Waals surface area contributed by atoms with Crippen LogP contribution in [-0.2, 0) is 0 Å². The fourth-order valence-electron chi connectivity index (χ4n) is 2.54. The van der Waals surface area contributed by atoms with Gasteiger partial charge in [-0.15, -0.1) is 12.4 Å². The van der Waals surface area contributed by atoms with Crippen LogP contribution in [-0.4, -0.2) is 29.9 Å². The molecule has 0 aromatic heterocycles. The fourth-order valence-corrected chi connectivity index (χ4v) is 2.86. The molecule has 3 nitrogen and oxygen atoms in total. The molecule has 0 saturated carbocycles. The number of aryl methyl sites for hydroxylation is 1. The maximum Gasteiger partial charge on any atom is 0.255 e. The topological polar surface area (TPSA) is 46.3 Å². The van der Waals surface area contributed by atoms with E-state index in [1.807, 2.05) is 30.0 Å². The Kier molecular flexibility index (Phi) is 5.65. The molecule has 2 atom stereocenters. The van der Waals surface area contributed by atoms with Gasteiger partial charge in [0.15, 0.2) is 0 Å². The largest absolute Gasteiger partial charge is 0.336 e. The van der Waals surface area contributed by atoms with Crippen molar-refractivity contribution < 1.29 is 4.79 Å². The lowest BCUT2D eigenvalue weighted by Crippen LogP contribution is -2.34. The van der Waals surface area contributed by atoms with Gasteiger partial charge in [-0.2, -0.15) is 0 Å². The first kappa shape index (κ1) is 16.3. The van der Waals surface area contributed by atoms with Crippen LogP contribution in [0.3, 0.4) is 0 Å². The Hall–Kier alpha value is -0.770. The minimum atomic E-state index is 0. The first-order valence-electron chi connectivity index (χ1n) is 6.30. The van der Waals surface area contributed by atoms with E-state index in [1.54, 1.807) is 0 Å². The zero-order valence-electron chi connectivity index (χ0n) is 11.2. The van der Waals surface area contributed by atoms with Crippen LogP contribution in [0, 0.1) is 12.8 Å². The summed E-state index contributed by atoms with van der Waals surface area (Å²) < 4.78 is 0. The highest BCUT2D eigenvalue weighted by Gasteiger charge is 2.32. The number of likely N-dealkylation sites (tertiary alicyclic amines) is 1. The molecule has 1 heterocycles. The normalized spacial score (nSPS) is 22.2. The number of carbonyl (C=O) groups is 1. The molecule has 2 N–H and O–H groups in total. The van der Waals surface area contributed by atoms with Gasteiger partial charge in [-0.05, 0) is 50.4 Å². The highest BCUT2D eigenvalue weighted by atomic mass is 35.5. The molecule has 1 fully saturated rings. The smallest absolute Gasteiger partial charge is 0.255 e. The molecule has 0 spiro atoms. The number of carbonyl (C=O) groups excluding carboxylic acids is 1. The lowest BCUT2D eigenvalue weighted by molar-refractivity contribution is 0.0743. The van der Waals surface area contributed by atoms with E-state index in [9.17, 15) is 4.79 Å². The summed E-state index contributed by atoms with van der Waals surface area (Å²) in [5.74, 6) is 0.427. The van der Waals surface area contributed by atoms with Gasteiger partial charge in [-0.1, -0.05) is 17.7 Å². The van der Waals surface area contributed by atoms with Crippen LogP contribution >= 0.6 is 24.0 Å². The van der Waals surface area contributed by atoms with E-state index in [0.717, 1.165) is 18.5 Å². The van der Waals surface area contributed by atoms with E-state index in [1.165, 1.54) is 0 Å². The molecule has 19 heavy (non-hydrogen) atoms. The molecule has 0 bridgehead atoms. The summed E-state index contributed by atoms with van der Waals surface area (Å²) >= 11 is 6.15. The fraction of sp³-hybridized carbons (Fsp3) is 0.500. The number of benzene rings is 1. The predicted octanol–water partition coefficient (Wildman–Crippen LogP) is 2.88. The van der Waals surface area contributed by atoms with Crippen LogP contribution in [0.25, 0.3) is 0 Å². The Labute approximate surface area is 125 Å². The molecule has 0 radical (unpaired) electrons. The molecular weight excluding hydrogens is 283 g/mol. The summed E-state index contributed by atoms with van der Waals surface area (Å²) in [5.41, 5.74) is 7.33. The molecule has 5 heteroatoms. The van der Waals surface area contributed by atoms with Crippen LogP contribution in [0.4, 0.5) is 0 Å². The molecule has 1 amide bonds. The zero-order valence-corrected chi connectivity index (χ0v) is 12.8. The summed E-state index contributed by atoms with van der Waals surface area (Å²) in [6.07, 6.45) is 0.978. The molecule has 1 aliphatic rings. The lowest BCUT2D eigenvalue weighted by Gasteiger charge is -2.22. The van der Waals surface area contributed by atoms with Crippen LogP contribution in [0.1, 0.15) is 29.3 Å². The third kappa shape index (κ3) is 3.41. The highest BCUT2D eigenvalue weighted by Crippen LogP contribution is 2.26. The Morgan fingerprint density at radius 2 is 2.21 bits per heavy atom. The number of nitrogens with zero attached hydrogens (tertiary/aromatic N) is 1. The Bertz CT molecular complexity index is 465. The quantitative estimate of drug-likeness (QED) is 0.913. The second-order valence-corrected chi connectivity index (χ2v) is 5.53. The van der Waals surface area contributed by atoms with Crippen molar-refractivity contribution in [3.63, 3.8) is 0 Å². The minimum Gasteiger partial charge on any atom is -0.336 e. The highest BCUT2D eigenvalue weighted by molar-refractivity contribution is 6.33. The van der Waals surface area contributed by atoms with E-state index in [-0.39, 0.29) is 24.4 Å². The van der Waals surface area contributed by atoms with Crippen molar-refractivity contribution in [1.82, 2.24) is 4.90 Å². The van der Waals surface area contributed by atoms with Gasteiger partial charge in [-0.3, -0.25) is 4.79 Å². The van der Waals surface area contributed by atoms with Crippen molar-refractivity contribution in [3.8, 4) is 0 Å². The van der Waals surface area contributed by atoms with E-state index in [0.29, 0.717) is 23.0 Å². The van der Waals surface area contributed by atoms with E-state index >= 15 is 0 Å². The summed E-state index contributed by atoms with van der Waals surface area (Å²) in [6, 6.07) is 5.79. The van der Waals surface area contributed by atoms with Crippen molar-refractivity contribution in [2.75, 3.05) is 13.1 Å². The first-order valence-corrected chi connectivity index (χ1v) is 6.68. The third-order valence-electron chi connectivity index (χ3n) is 3.61. The lowest BCUT2D eigenvalue weighted by atomic mass is 10.1. The standard InChI is InChI=1S/C14H19ClN2O.ClH/c1-9-3-4-12(13(15)5-9)14(18)17-8-11(7-16)6-10(17)2;/h3-5,10-11H,6-8,16H2,1-2H3;1H. The van der Waals surface area contributed by atoms with E-state index < -0.39 is 0 Å². The summed E-state index contributed by atoms with van der Waals surface area (Å²) in [6.45, 7) is 5.40. The van der Waals surface area contributed by atoms with Crippen molar-refractivity contribution in [1.29, 1.82) is 0 Å².